The zero-order valence-electron chi connectivity index (χ0n) is 14.1. The second-order valence-corrected chi connectivity index (χ2v) is 6.88. The van der Waals surface area contributed by atoms with E-state index in [1.807, 2.05) is 36.4 Å². The van der Waals surface area contributed by atoms with Gasteiger partial charge in [-0.2, -0.15) is 0 Å². The Morgan fingerprint density at radius 3 is 2.71 bits per heavy atom. The van der Waals surface area contributed by atoms with E-state index in [2.05, 4.69) is 10.2 Å². The molecule has 0 spiro atoms. The molecule has 1 atom stereocenters. The first-order chi connectivity index (χ1) is 11.7. The van der Waals surface area contributed by atoms with Crippen LogP contribution >= 0.6 is 0 Å². The molecule has 0 bridgehead atoms. The molecule has 4 nitrogen and oxygen atoms in total. The summed E-state index contributed by atoms with van der Waals surface area (Å²) in [5.41, 5.74) is 0.792. The van der Waals surface area contributed by atoms with Crippen LogP contribution in [0.2, 0.25) is 0 Å². The zero-order chi connectivity index (χ0) is 16.5. The fourth-order valence-corrected chi connectivity index (χ4v) is 3.74. The number of piperazine rings is 1. The largest absolute Gasteiger partial charge is 0.497 e. The lowest BCUT2D eigenvalue weighted by molar-refractivity contribution is 0.0715. The highest BCUT2D eigenvalue weighted by atomic mass is 16.5. The molecule has 2 aromatic carbocycles. The maximum absolute atomic E-state index is 12.9. The van der Waals surface area contributed by atoms with Gasteiger partial charge in [-0.15, -0.1) is 0 Å². The molecule has 0 amide bonds. The first-order valence-corrected chi connectivity index (χ1v) is 8.84. The number of fused-ring (bicyclic) bond motifs is 1. The number of nitrogens with one attached hydrogen (secondary N) is 1. The number of carbonyl (C=O) groups is 1. The number of rotatable bonds is 4. The molecule has 4 rings (SSSR count). The molecule has 1 heterocycles. The zero-order valence-corrected chi connectivity index (χ0v) is 14.1. The fourth-order valence-electron chi connectivity index (χ4n) is 3.74. The lowest BCUT2D eigenvalue weighted by atomic mass is 9.90. The second kappa shape index (κ2) is 6.54. The molecular weight excluding hydrogens is 300 g/mol. The van der Waals surface area contributed by atoms with Gasteiger partial charge in [-0.3, -0.25) is 9.69 Å². The molecule has 1 aliphatic heterocycles. The van der Waals surface area contributed by atoms with E-state index in [4.69, 9.17) is 4.74 Å². The molecule has 4 heteroatoms. The van der Waals surface area contributed by atoms with E-state index in [-0.39, 0.29) is 11.8 Å². The summed E-state index contributed by atoms with van der Waals surface area (Å²) in [5, 5.41) is 5.58. The number of methoxy groups -OCH3 is 1. The SMILES string of the molecule is COc1ccc2cc(C(=O)C3CN(C4CCC4)CCN3)ccc2c1. The Morgan fingerprint density at radius 2 is 1.96 bits per heavy atom. The van der Waals surface area contributed by atoms with Crippen molar-refractivity contribution in [2.75, 3.05) is 26.7 Å². The topological polar surface area (TPSA) is 41.6 Å². The third-order valence-corrected chi connectivity index (χ3v) is 5.45. The highest BCUT2D eigenvalue weighted by molar-refractivity contribution is 6.03. The summed E-state index contributed by atoms with van der Waals surface area (Å²) in [4.78, 5) is 15.4. The number of hydrogen-bond acceptors (Lipinski definition) is 4. The minimum absolute atomic E-state index is 0.0879. The fraction of sp³-hybridized carbons (Fsp3) is 0.450. The van der Waals surface area contributed by atoms with Crippen LogP contribution in [-0.2, 0) is 0 Å². The van der Waals surface area contributed by atoms with Crippen molar-refractivity contribution < 1.29 is 9.53 Å². The molecule has 1 saturated carbocycles. The predicted molar refractivity (Wildman–Crippen MR) is 95.8 cm³/mol. The van der Waals surface area contributed by atoms with E-state index in [0.29, 0.717) is 6.04 Å². The van der Waals surface area contributed by atoms with Gasteiger partial charge in [-0.05, 0) is 41.8 Å². The van der Waals surface area contributed by atoms with Crippen LogP contribution in [0.1, 0.15) is 29.6 Å². The van der Waals surface area contributed by atoms with Gasteiger partial charge in [0.2, 0.25) is 0 Å². The summed E-state index contributed by atoms with van der Waals surface area (Å²) in [5.74, 6) is 1.04. The molecule has 24 heavy (non-hydrogen) atoms. The molecule has 0 aromatic heterocycles. The van der Waals surface area contributed by atoms with Crippen LogP contribution in [0.5, 0.6) is 5.75 Å². The Balaban J connectivity index is 1.53. The summed E-state index contributed by atoms with van der Waals surface area (Å²) in [6.07, 6.45) is 3.92. The van der Waals surface area contributed by atoms with Crippen molar-refractivity contribution in [3.05, 3.63) is 42.0 Å². The van der Waals surface area contributed by atoms with Crippen LogP contribution in [0.25, 0.3) is 10.8 Å². The van der Waals surface area contributed by atoms with Crippen molar-refractivity contribution in [1.29, 1.82) is 0 Å². The highest BCUT2D eigenvalue weighted by Crippen LogP contribution is 2.26. The van der Waals surface area contributed by atoms with E-state index >= 15 is 0 Å². The number of ketones is 1. The van der Waals surface area contributed by atoms with Gasteiger partial charge < -0.3 is 10.1 Å². The van der Waals surface area contributed by atoms with Crippen molar-refractivity contribution >= 4 is 16.6 Å². The Kier molecular flexibility index (Phi) is 4.25. The molecule has 0 radical (unpaired) electrons. The molecule has 126 valence electrons. The van der Waals surface area contributed by atoms with Crippen LogP contribution in [-0.4, -0.2) is 49.5 Å². The monoisotopic (exact) mass is 324 g/mol. The van der Waals surface area contributed by atoms with E-state index in [1.54, 1.807) is 7.11 Å². The summed E-state index contributed by atoms with van der Waals surface area (Å²) < 4.78 is 5.26. The molecular formula is C20H24N2O2. The minimum atomic E-state index is -0.0879. The van der Waals surface area contributed by atoms with Crippen molar-refractivity contribution in [3.63, 3.8) is 0 Å². The van der Waals surface area contributed by atoms with E-state index < -0.39 is 0 Å². The number of hydrogen-bond donors (Lipinski definition) is 1. The normalized spacial score (nSPS) is 22.3. The van der Waals surface area contributed by atoms with Gasteiger partial charge in [0.1, 0.15) is 5.75 Å². The molecule has 1 unspecified atom stereocenters. The molecule has 1 N–H and O–H groups in total. The first-order valence-electron chi connectivity index (χ1n) is 8.84. The highest BCUT2D eigenvalue weighted by Gasteiger charge is 2.32. The maximum atomic E-state index is 12.9. The second-order valence-electron chi connectivity index (χ2n) is 6.88. The Hall–Kier alpha value is -1.91. The summed E-state index contributed by atoms with van der Waals surface area (Å²) in [7, 11) is 1.67. The van der Waals surface area contributed by atoms with E-state index in [9.17, 15) is 4.79 Å². The van der Waals surface area contributed by atoms with Crippen molar-refractivity contribution in [3.8, 4) is 5.75 Å². The first kappa shape index (κ1) is 15.6. The van der Waals surface area contributed by atoms with Gasteiger partial charge >= 0.3 is 0 Å². The van der Waals surface area contributed by atoms with Crippen LogP contribution in [0.4, 0.5) is 0 Å². The number of ether oxygens (including phenoxy) is 1. The number of benzene rings is 2. The van der Waals surface area contributed by atoms with Gasteiger partial charge in [-0.25, -0.2) is 0 Å². The van der Waals surface area contributed by atoms with Gasteiger partial charge in [0.15, 0.2) is 5.78 Å². The van der Waals surface area contributed by atoms with E-state index in [0.717, 1.165) is 41.7 Å². The third kappa shape index (κ3) is 2.92. The van der Waals surface area contributed by atoms with Crippen LogP contribution in [0, 0.1) is 0 Å². The Labute approximate surface area is 142 Å². The predicted octanol–water partition coefficient (Wildman–Crippen LogP) is 2.86. The van der Waals surface area contributed by atoms with Crippen molar-refractivity contribution in [2.24, 2.45) is 0 Å². The van der Waals surface area contributed by atoms with Gasteiger partial charge in [0.05, 0.1) is 13.2 Å². The Morgan fingerprint density at radius 1 is 1.17 bits per heavy atom. The summed E-state index contributed by atoms with van der Waals surface area (Å²) >= 11 is 0. The standard InChI is InChI=1S/C20H24N2O2/c1-24-18-8-7-14-11-16(6-5-15(14)12-18)20(23)19-13-22(10-9-21-19)17-3-2-4-17/h5-8,11-12,17,19,21H,2-4,9-10,13H2,1H3. The number of Topliss-reactive ketones (excluding diaryl/α,β-unsaturated/α-hetero) is 1. The summed E-state index contributed by atoms with van der Waals surface area (Å²) in [6.45, 7) is 2.80. The number of nitrogens with zero attached hydrogens (tertiary/aromatic N) is 1. The van der Waals surface area contributed by atoms with Crippen LogP contribution in [0.3, 0.4) is 0 Å². The van der Waals surface area contributed by atoms with Crippen LogP contribution < -0.4 is 10.1 Å². The lowest BCUT2D eigenvalue weighted by Gasteiger charge is -2.42. The smallest absolute Gasteiger partial charge is 0.181 e. The van der Waals surface area contributed by atoms with Crippen molar-refractivity contribution in [1.82, 2.24) is 10.2 Å². The molecule has 2 fully saturated rings. The van der Waals surface area contributed by atoms with E-state index in [1.165, 1.54) is 19.3 Å². The molecule has 2 aromatic rings. The average molecular weight is 324 g/mol. The minimum Gasteiger partial charge on any atom is -0.497 e. The maximum Gasteiger partial charge on any atom is 0.181 e. The van der Waals surface area contributed by atoms with Gasteiger partial charge in [0.25, 0.3) is 0 Å². The Bertz CT molecular complexity index is 754. The molecule has 2 aliphatic rings. The van der Waals surface area contributed by atoms with Gasteiger partial charge in [-0.1, -0.05) is 24.6 Å². The lowest BCUT2D eigenvalue weighted by Crippen LogP contribution is -2.58. The molecule has 1 aliphatic carbocycles. The quantitative estimate of drug-likeness (QED) is 0.878. The average Bonchev–Trinajstić information content (AvgIpc) is 2.59. The van der Waals surface area contributed by atoms with Crippen LogP contribution in [0.15, 0.2) is 36.4 Å². The van der Waals surface area contributed by atoms with Gasteiger partial charge in [0, 0.05) is 31.2 Å². The number of carbonyl (C=O) groups excluding carboxylic acids is 1. The molecule has 1 saturated heterocycles. The summed E-state index contributed by atoms with van der Waals surface area (Å²) in [6, 6.07) is 12.5. The third-order valence-electron chi connectivity index (χ3n) is 5.45. The van der Waals surface area contributed by atoms with Crippen molar-refractivity contribution in [2.45, 2.75) is 31.3 Å².